The maximum absolute atomic E-state index is 9.92. The Labute approximate surface area is 173 Å². The lowest BCUT2D eigenvalue weighted by molar-refractivity contribution is -0.0218. The molecule has 29 heavy (non-hydrogen) atoms. The van der Waals surface area contributed by atoms with Crippen LogP contribution in [0.2, 0.25) is 5.02 Å². The fourth-order valence-corrected chi connectivity index (χ4v) is 3.99. The molecule has 5 rings (SSSR count). The van der Waals surface area contributed by atoms with Crippen molar-refractivity contribution >= 4 is 17.3 Å². The van der Waals surface area contributed by atoms with E-state index in [1.807, 2.05) is 47.5 Å². The zero-order valence-electron chi connectivity index (χ0n) is 15.6. The Morgan fingerprint density at radius 3 is 2.86 bits per heavy atom. The summed E-state index contributed by atoms with van der Waals surface area (Å²) in [5.74, 6) is 1.29. The van der Waals surface area contributed by atoms with E-state index in [1.165, 1.54) is 7.11 Å². The number of pyridine rings is 1. The summed E-state index contributed by atoms with van der Waals surface area (Å²) >= 11 is 6.26. The SMILES string of the molecule is COc1cc(C2=NN3[C@@H](c4ccccn4)Oc4ccc(Cl)cc4[C@@H]3C2)ccc1O. The summed E-state index contributed by atoms with van der Waals surface area (Å²) in [4.78, 5) is 4.48. The van der Waals surface area contributed by atoms with E-state index < -0.39 is 6.23 Å². The van der Waals surface area contributed by atoms with Crippen LogP contribution in [-0.2, 0) is 0 Å². The third kappa shape index (κ3) is 3.06. The Morgan fingerprint density at radius 2 is 2.07 bits per heavy atom. The second-order valence-corrected chi connectivity index (χ2v) is 7.38. The molecule has 0 radical (unpaired) electrons. The van der Waals surface area contributed by atoms with Crippen molar-refractivity contribution in [3.63, 3.8) is 0 Å². The molecule has 146 valence electrons. The second-order valence-electron chi connectivity index (χ2n) is 6.94. The van der Waals surface area contributed by atoms with Crippen molar-refractivity contribution < 1.29 is 14.6 Å². The molecule has 0 saturated carbocycles. The monoisotopic (exact) mass is 407 g/mol. The minimum Gasteiger partial charge on any atom is -0.504 e. The third-order valence-electron chi connectivity index (χ3n) is 5.21. The van der Waals surface area contributed by atoms with Crippen LogP contribution in [0, 0.1) is 0 Å². The van der Waals surface area contributed by atoms with E-state index in [1.54, 1.807) is 18.3 Å². The number of hydrogen-bond donors (Lipinski definition) is 1. The fraction of sp³-hybridized carbons (Fsp3) is 0.182. The average Bonchev–Trinajstić information content (AvgIpc) is 3.20. The minimum atomic E-state index is -0.439. The lowest BCUT2D eigenvalue weighted by Gasteiger charge is -2.37. The molecule has 2 aliphatic heterocycles. The highest BCUT2D eigenvalue weighted by molar-refractivity contribution is 6.30. The maximum Gasteiger partial charge on any atom is 0.230 e. The normalized spacial score (nSPS) is 19.8. The van der Waals surface area contributed by atoms with E-state index in [2.05, 4.69) is 4.98 Å². The molecular weight excluding hydrogens is 390 g/mol. The number of phenolic OH excluding ortho intramolecular Hbond substituents is 1. The van der Waals surface area contributed by atoms with Gasteiger partial charge in [0, 0.05) is 28.8 Å². The van der Waals surface area contributed by atoms with Crippen LogP contribution in [0.15, 0.2) is 65.9 Å². The van der Waals surface area contributed by atoms with Gasteiger partial charge < -0.3 is 14.6 Å². The molecule has 2 atom stereocenters. The average molecular weight is 408 g/mol. The van der Waals surface area contributed by atoms with Gasteiger partial charge in [0.1, 0.15) is 11.4 Å². The predicted molar refractivity (Wildman–Crippen MR) is 109 cm³/mol. The van der Waals surface area contributed by atoms with Crippen molar-refractivity contribution in [3.05, 3.63) is 82.6 Å². The summed E-state index contributed by atoms with van der Waals surface area (Å²) in [7, 11) is 1.53. The number of nitrogens with zero attached hydrogens (tertiary/aromatic N) is 3. The molecule has 3 aromatic rings. The highest BCUT2D eigenvalue weighted by Gasteiger charge is 2.41. The number of aromatic hydroxyl groups is 1. The summed E-state index contributed by atoms with van der Waals surface area (Å²) in [5.41, 5.74) is 3.55. The first kappa shape index (κ1) is 17.8. The van der Waals surface area contributed by atoms with Crippen molar-refractivity contribution in [1.29, 1.82) is 0 Å². The van der Waals surface area contributed by atoms with Crippen LogP contribution < -0.4 is 9.47 Å². The minimum absolute atomic E-state index is 0.0285. The Balaban J connectivity index is 1.60. The standard InChI is InChI=1S/C22H18ClN3O3/c1-28-21-10-13(5-7-19(21)27)17-12-18-15-11-14(23)6-8-20(15)29-22(26(18)25-17)16-4-2-3-9-24-16/h2-11,18,22,27H,12H2,1H3/t18-,22+/m0/s1. The number of hydrazone groups is 1. The molecule has 0 unspecified atom stereocenters. The van der Waals surface area contributed by atoms with Crippen LogP contribution in [0.1, 0.15) is 35.5 Å². The molecule has 0 fully saturated rings. The molecule has 0 amide bonds. The molecule has 0 aliphatic carbocycles. The first-order valence-corrected chi connectivity index (χ1v) is 9.62. The molecule has 0 saturated heterocycles. The molecular formula is C22H18ClN3O3. The van der Waals surface area contributed by atoms with Crippen LogP contribution in [0.5, 0.6) is 17.2 Å². The number of ether oxygens (including phenoxy) is 2. The molecule has 0 bridgehead atoms. The maximum atomic E-state index is 9.92. The van der Waals surface area contributed by atoms with Gasteiger partial charge in [-0.25, -0.2) is 5.01 Å². The Kier molecular flexibility index (Phi) is 4.28. The summed E-state index contributed by atoms with van der Waals surface area (Å²) in [5, 5.41) is 17.4. The van der Waals surface area contributed by atoms with Crippen LogP contribution in [0.3, 0.4) is 0 Å². The van der Waals surface area contributed by atoms with Crippen LogP contribution >= 0.6 is 11.6 Å². The summed E-state index contributed by atoms with van der Waals surface area (Å²) in [6.07, 6.45) is 1.98. The lowest BCUT2D eigenvalue weighted by atomic mass is 9.96. The molecule has 1 N–H and O–H groups in total. The molecule has 3 heterocycles. The zero-order chi connectivity index (χ0) is 20.0. The van der Waals surface area contributed by atoms with E-state index in [-0.39, 0.29) is 11.8 Å². The molecule has 7 heteroatoms. The van der Waals surface area contributed by atoms with Gasteiger partial charge >= 0.3 is 0 Å². The summed E-state index contributed by atoms with van der Waals surface area (Å²) in [6, 6.07) is 16.6. The number of hydrogen-bond acceptors (Lipinski definition) is 6. The van der Waals surface area contributed by atoms with Gasteiger partial charge in [0.05, 0.1) is 18.9 Å². The van der Waals surface area contributed by atoms with Gasteiger partial charge in [0.2, 0.25) is 6.23 Å². The molecule has 6 nitrogen and oxygen atoms in total. The number of rotatable bonds is 3. The Morgan fingerprint density at radius 1 is 1.17 bits per heavy atom. The van der Waals surface area contributed by atoms with Crippen molar-refractivity contribution in [2.45, 2.75) is 18.7 Å². The fourth-order valence-electron chi connectivity index (χ4n) is 3.81. The van der Waals surface area contributed by atoms with Gasteiger partial charge in [-0.15, -0.1) is 0 Å². The molecule has 1 aromatic heterocycles. The summed E-state index contributed by atoms with van der Waals surface area (Å²) < 4.78 is 11.5. The number of aromatic nitrogens is 1. The van der Waals surface area contributed by atoms with Gasteiger partial charge in [-0.1, -0.05) is 17.7 Å². The van der Waals surface area contributed by atoms with Crippen molar-refractivity contribution in [2.75, 3.05) is 7.11 Å². The van der Waals surface area contributed by atoms with Crippen molar-refractivity contribution in [2.24, 2.45) is 5.10 Å². The number of methoxy groups -OCH3 is 1. The number of halogens is 1. The number of phenols is 1. The topological polar surface area (TPSA) is 67.2 Å². The summed E-state index contributed by atoms with van der Waals surface area (Å²) in [6.45, 7) is 0. The third-order valence-corrected chi connectivity index (χ3v) is 5.44. The predicted octanol–water partition coefficient (Wildman–Crippen LogP) is 4.69. The van der Waals surface area contributed by atoms with E-state index in [4.69, 9.17) is 26.2 Å². The quantitative estimate of drug-likeness (QED) is 0.682. The van der Waals surface area contributed by atoms with E-state index in [9.17, 15) is 5.11 Å². The van der Waals surface area contributed by atoms with E-state index in [0.29, 0.717) is 17.2 Å². The highest BCUT2D eigenvalue weighted by atomic mass is 35.5. The van der Waals surface area contributed by atoms with Gasteiger partial charge in [-0.05, 0) is 48.5 Å². The highest BCUT2D eigenvalue weighted by Crippen LogP contribution is 2.48. The van der Waals surface area contributed by atoms with Crippen LogP contribution in [0.25, 0.3) is 0 Å². The van der Waals surface area contributed by atoms with E-state index in [0.717, 1.165) is 28.3 Å². The van der Waals surface area contributed by atoms with Crippen LogP contribution in [-0.4, -0.2) is 27.9 Å². The smallest absolute Gasteiger partial charge is 0.230 e. The van der Waals surface area contributed by atoms with Crippen molar-refractivity contribution in [3.8, 4) is 17.2 Å². The Bertz CT molecular complexity index is 1100. The van der Waals surface area contributed by atoms with Crippen molar-refractivity contribution in [1.82, 2.24) is 9.99 Å². The number of fused-ring (bicyclic) bond motifs is 3. The van der Waals surface area contributed by atoms with Gasteiger partial charge in [0.15, 0.2) is 11.5 Å². The van der Waals surface area contributed by atoms with Gasteiger partial charge in [-0.2, -0.15) is 5.10 Å². The second kappa shape index (κ2) is 6.97. The van der Waals surface area contributed by atoms with Gasteiger partial charge in [0.25, 0.3) is 0 Å². The first-order chi connectivity index (χ1) is 14.1. The molecule has 2 aliphatic rings. The molecule has 2 aromatic carbocycles. The Hall–Kier alpha value is -3.25. The number of benzene rings is 2. The van der Waals surface area contributed by atoms with Crippen LogP contribution in [0.4, 0.5) is 0 Å². The lowest BCUT2D eigenvalue weighted by Crippen LogP contribution is -2.34. The largest absolute Gasteiger partial charge is 0.504 e. The molecule has 0 spiro atoms. The van der Waals surface area contributed by atoms with Gasteiger partial charge in [-0.3, -0.25) is 4.98 Å². The first-order valence-electron chi connectivity index (χ1n) is 9.24. The zero-order valence-corrected chi connectivity index (χ0v) is 16.4. The van der Waals surface area contributed by atoms with E-state index >= 15 is 0 Å².